The number of nitrogens with two attached hydrogens (primary N) is 1. The highest BCUT2D eigenvalue weighted by Gasteiger charge is 2.32. The Bertz CT molecular complexity index is 1680. The van der Waals surface area contributed by atoms with Crippen molar-refractivity contribution in [2.45, 2.75) is 19.4 Å². The maximum atomic E-state index is 12.7. The first-order valence-electron chi connectivity index (χ1n) is 13.1. The van der Waals surface area contributed by atoms with E-state index in [1.54, 1.807) is 61.7 Å². The molecular formula is C33H27ClN2O6. The molecule has 4 aromatic rings. The fourth-order valence-corrected chi connectivity index (χ4v) is 4.69. The predicted molar refractivity (Wildman–Crippen MR) is 157 cm³/mol. The van der Waals surface area contributed by atoms with E-state index in [0.717, 1.165) is 11.1 Å². The van der Waals surface area contributed by atoms with Crippen LogP contribution >= 0.6 is 11.6 Å². The third-order valence-corrected chi connectivity index (χ3v) is 6.89. The van der Waals surface area contributed by atoms with Gasteiger partial charge in [0.25, 0.3) is 0 Å². The Morgan fingerprint density at radius 2 is 1.69 bits per heavy atom. The van der Waals surface area contributed by atoms with Crippen molar-refractivity contribution in [2.24, 2.45) is 5.73 Å². The van der Waals surface area contributed by atoms with Crippen LogP contribution in [0.15, 0.2) is 96.4 Å². The molecule has 1 unspecified atom stereocenters. The zero-order chi connectivity index (χ0) is 29.6. The van der Waals surface area contributed by atoms with Gasteiger partial charge in [-0.05, 0) is 72.6 Å². The van der Waals surface area contributed by atoms with E-state index in [1.807, 2.05) is 37.3 Å². The number of benzene rings is 4. The summed E-state index contributed by atoms with van der Waals surface area (Å²) in [6, 6.07) is 26.7. The van der Waals surface area contributed by atoms with Gasteiger partial charge in [0.2, 0.25) is 5.88 Å². The van der Waals surface area contributed by atoms with Gasteiger partial charge in [-0.15, -0.1) is 0 Å². The number of hydrogen-bond acceptors (Lipinski definition) is 8. The summed E-state index contributed by atoms with van der Waals surface area (Å²) in [6.45, 7) is 2.62. The monoisotopic (exact) mass is 582 g/mol. The average Bonchev–Trinajstić information content (AvgIpc) is 3.00. The molecule has 0 fully saturated rings. The molecule has 8 nitrogen and oxygen atoms in total. The smallest absolute Gasteiger partial charge is 0.343 e. The molecule has 0 bridgehead atoms. The molecule has 0 aromatic heterocycles. The molecule has 212 valence electrons. The van der Waals surface area contributed by atoms with Crippen LogP contribution < -0.4 is 29.4 Å². The highest BCUT2D eigenvalue weighted by Crippen LogP contribution is 2.45. The summed E-state index contributed by atoms with van der Waals surface area (Å²) < 4.78 is 28.5. The van der Waals surface area contributed by atoms with Crippen LogP contribution in [0.1, 0.15) is 39.9 Å². The lowest BCUT2D eigenvalue weighted by Crippen LogP contribution is -2.21. The van der Waals surface area contributed by atoms with E-state index < -0.39 is 11.9 Å². The Labute approximate surface area is 248 Å². The Kier molecular flexibility index (Phi) is 8.51. The molecule has 0 saturated heterocycles. The minimum atomic E-state index is -0.547. The molecule has 0 saturated carbocycles. The Balaban J connectivity index is 1.43. The minimum Gasteiger partial charge on any atom is -0.497 e. The Morgan fingerprint density at radius 1 is 0.952 bits per heavy atom. The van der Waals surface area contributed by atoms with Crippen LogP contribution in [0.25, 0.3) is 0 Å². The van der Waals surface area contributed by atoms with E-state index in [2.05, 4.69) is 6.07 Å². The highest BCUT2D eigenvalue weighted by molar-refractivity contribution is 6.30. The van der Waals surface area contributed by atoms with Gasteiger partial charge in [-0.3, -0.25) is 0 Å². The molecule has 0 aliphatic carbocycles. The van der Waals surface area contributed by atoms with Crippen molar-refractivity contribution in [3.05, 3.63) is 124 Å². The van der Waals surface area contributed by atoms with Crippen molar-refractivity contribution in [1.82, 2.24) is 0 Å². The largest absolute Gasteiger partial charge is 0.497 e. The molecule has 1 heterocycles. The topological polar surface area (TPSA) is 113 Å². The number of ether oxygens (including phenoxy) is 5. The van der Waals surface area contributed by atoms with Gasteiger partial charge < -0.3 is 29.4 Å². The number of rotatable bonds is 9. The molecule has 1 atom stereocenters. The maximum absolute atomic E-state index is 12.7. The number of methoxy groups -OCH3 is 1. The van der Waals surface area contributed by atoms with Gasteiger partial charge in [0.1, 0.15) is 35.5 Å². The summed E-state index contributed by atoms with van der Waals surface area (Å²) in [5, 5.41) is 10.7. The number of allylic oxidation sites excluding steroid dienone is 1. The van der Waals surface area contributed by atoms with Crippen LogP contribution in [0, 0.1) is 11.3 Å². The van der Waals surface area contributed by atoms with E-state index in [1.165, 1.54) is 0 Å². The number of nitriles is 1. The van der Waals surface area contributed by atoms with Crippen LogP contribution in [0.3, 0.4) is 0 Å². The summed E-state index contributed by atoms with van der Waals surface area (Å²) in [7, 11) is 1.55. The first-order chi connectivity index (χ1) is 20.4. The van der Waals surface area contributed by atoms with E-state index in [4.69, 9.17) is 41.0 Å². The van der Waals surface area contributed by atoms with E-state index in [0.29, 0.717) is 52.4 Å². The first-order valence-corrected chi connectivity index (χ1v) is 13.5. The van der Waals surface area contributed by atoms with Gasteiger partial charge in [-0.25, -0.2) is 4.79 Å². The standard InChI is InChI=1S/C33H27ClN2O6/c1-3-39-30-16-22(8-15-28(30)40-19-20-4-9-23(34)10-5-20)31-26-14-13-25(17-29(26)42-32(36)27(31)18-35)41-33(37)21-6-11-24(38-2)12-7-21/h4-17,31H,3,19,36H2,1-2H3. The highest BCUT2D eigenvalue weighted by atomic mass is 35.5. The number of fused-ring (bicyclic) bond motifs is 1. The first kappa shape index (κ1) is 28.4. The summed E-state index contributed by atoms with van der Waals surface area (Å²) in [4.78, 5) is 12.7. The molecule has 0 amide bonds. The van der Waals surface area contributed by atoms with Crippen molar-refractivity contribution < 1.29 is 28.5 Å². The second kappa shape index (κ2) is 12.6. The lowest BCUT2D eigenvalue weighted by molar-refractivity contribution is 0.0734. The summed E-state index contributed by atoms with van der Waals surface area (Å²) in [5.41, 5.74) is 9.21. The zero-order valence-corrected chi connectivity index (χ0v) is 23.7. The number of hydrogen-bond donors (Lipinski definition) is 1. The van der Waals surface area contributed by atoms with Crippen molar-refractivity contribution >= 4 is 17.6 Å². The van der Waals surface area contributed by atoms with E-state index in [9.17, 15) is 10.1 Å². The van der Waals surface area contributed by atoms with Crippen molar-refractivity contribution in [2.75, 3.05) is 13.7 Å². The Morgan fingerprint density at radius 3 is 2.38 bits per heavy atom. The lowest BCUT2D eigenvalue weighted by Gasteiger charge is -2.27. The molecule has 0 radical (unpaired) electrons. The molecule has 9 heteroatoms. The van der Waals surface area contributed by atoms with Crippen LogP contribution in [0.2, 0.25) is 5.02 Å². The van der Waals surface area contributed by atoms with Crippen LogP contribution in [-0.4, -0.2) is 19.7 Å². The van der Waals surface area contributed by atoms with Crippen LogP contribution in [0.4, 0.5) is 0 Å². The van der Waals surface area contributed by atoms with Gasteiger partial charge in [-0.2, -0.15) is 5.26 Å². The average molecular weight is 583 g/mol. The molecule has 0 spiro atoms. The fraction of sp³-hybridized carbons (Fsp3) is 0.152. The van der Waals surface area contributed by atoms with E-state index >= 15 is 0 Å². The van der Waals surface area contributed by atoms with Gasteiger partial charge in [-0.1, -0.05) is 35.9 Å². The summed E-state index contributed by atoms with van der Waals surface area (Å²) in [6.07, 6.45) is 0. The van der Waals surface area contributed by atoms with Gasteiger partial charge in [0.15, 0.2) is 11.5 Å². The predicted octanol–water partition coefficient (Wildman–Crippen LogP) is 6.76. The zero-order valence-electron chi connectivity index (χ0n) is 22.9. The second-order valence-corrected chi connectivity index (χ2v) is 9.73. The number of nitrogens with zero attached hydrogens (tertiary/aromatic N) is 1. The van der Waals surface area contributed by atoms with Crippen LogP contribution in [0.5, 0.6) is 28.7 Å². The summed E-state index contributed by atoms with van der Waals surface area (Å²) >= 11 is 5.99. The second-order valence-electron chi connectivity index (χ2n) is 9.30. The fourth-order valence-electron chi connectivity index (χ4n) is 4.57. The normalized spacial score (nSPS) is 13.8. The Hall–Kier alpha value is -5.13. The van der Waals surface area contributed by atoms with Crippen molar-refractivity contribution in [3.63, 3.8) is 0 Å². The minimum absolute atomic E-state index is 0.0327. The molecule has 1 aliphatic rings. The van der Waals surface area contributed by atoms with E-state index in [-0.39, 0.29) is 17.2 Å². The number of carbonyl (C=O) groups excluding carboxylic acids is 1. The van der Waals surface area contributed by atoms with Crippen LogP contribution in [-0.2, 0) is 6.61 Å². The molecule has 1 aliphatic heterocycles. The molecule has 2 N–H and O–H groups in total. The number of halogens is 1. The quantitative estimate of drug-likeness (QED) is 0.170. The molecule has 4 aromatic carbocycles. The summed E-state index contributed by atoms with van der Waals surface area (Å²) in [5.74, 6) is 1.23. The third-order valence-electron chi connectivity index (χ3n) is 6.64. The molecule has 42 heavy (non-hydrogen) atoms. The lowest BCUT2D eigenvalue weighted by atomic mass is 9.83. The van der Waals surface area contributed by atoms with Gasteiger partial charge in [0, 0.05) is 16.7 Å². The van der Waals surface area contributed by atoms with Gasteiger partial charge in [0.05, 0.1) is 25.2 Å². The van der Waals surface area contributed by atoms with Gasteiger partial charge >= 0.3 is 5.97 Å². The number of carbonyl (C=O) groups is 1. The molecule has 5 rings (SSSR count). The SMILES string of the molecule is CCOc1cc(C2C(C#N)=C(N)Oc3cc(OC(=O)c4ccc(OC)cc4)ccc32)ccc1OCc1ccc(Cl)cc1. The number of esters is 1. The van der Waals surface area contributed by atoms with Crippen molar-refractivity contribution in [1.29, 1.82) is 5.26 Å². The third kappa shape index (κ3) is 6.12. The van der Waals surface area contributed by atoms with Crippen molar-refractivity contribution in [3.8, 4) is 34.8 Å². The maximum Gasteiger partial charge on any atom is 0.343 e. The molecular weight excluding hydrogens is 556 g/mol.